The number of nitrogens with zero attached hydrogens (tertiary/aromatic N) is 4. The second kappa shape index (κ2) is 9.84. The molecular weight excluding hydrogens is 509 g/mol. The monoisotopic (exact) mass is 533 g/mol. The number of hydrogen-bond acceptors (Lipinski definition) is 10. The van der Waals surface area contributed by atoms with E-state index in [1.165, 1.54) is 10.9 Å². The van der Waals surface area contributed by atoms with Crippen molar-refractivity contribution in [1.29, 1.82) is 0 Å². The number of rotatable bonds is 9. The quantitative estimate of drug-likeness (QED) is 0.247. The molecule has 2 fully saturated rings. The van der Waals surface area contributed by atoms with E-state index >= 15 is 4.39 Å². The van der Waals surface area contributed by atoms with Gasteiger partial charge in [-0.25, -0.2) is 19.0 Å². The molecule has 2 N–H and O–H groups in total. The average molecular weight is 534 g/mol. The summed E-state index contributed by atoms with van der Waals surface area (Å²) in [6.07, 6.45) is -3.07. The molecule has 3 heterocycles. The van der Waals surface area contributed by atoms with Gasteiger partial charge < -0.3 is 24.7 Å². The van der Waals surface area contributed by atoms with Gasteiger partial charge in [-0.15, -0.1) is 0 Å². The zero-order valence-electron chi connectivity index (χ0n) is 20.0. The highest BCUT2D eigenvalue weighted by atomic mass is 35.5. The molecule has 0 radical (unpaired) electrons. The minimum atomic E-state index is -2.13. The molecule has 1 aliphatic carbocycles. The lowest BCUT2D eigenvalue weighted by Gasteiger charge is -2.31. The number of nitrogens with two attached hydrogens (primary N) is 1. The summed E-state index contributed by atoms with van der Waals surface area (Å²) >= 11 is 5.92. The molecule has 11 nitrogen and oxygen atoms in total. The van der Waals surface area contributed by atoms with Crippen molar-refractivity contribution in [3.8, 4) is 0 Å². The zero-order chi connectivity index (χ0) is 26.3. The minimum absolute atomic E-state index is 0.0151. The van der Waals surface area contributed by atoms with E-state index in [9.17, 15) is 9.59 Å². The topological polar surface area (TPSA) is 141 Å². The molecule has 1 aliphatic heterocycles. The first-order valence-corrected chi connectivity index (χ1v) is 12.2. The molecule has 5 rings (SSSR count). The number of nitrogen functional groups attached to an aromatic ring is 1. The normalized spacial score (nSPS) is 24.6. The summed E-state index contributed by atoms with van der Waals surface area (Å²) in [6.45, 7) is 3.26. The number of hydrogen-bond donors (Lipinski definition) is 1. The van der Waals surface area contributed by atoms with Crippen LogP contribution in [0, 0.1) is 5.92 Å². The third-order valence-corrected chi connectivity index (χ3v) is 6.59. The van der Waals surface area contributed by atoms with E-state index < -0.39 is 48.1 Å². The van der Waals surface area contributed by atoms with Gasteiger partial charge in [-0.1, -0.05) is 30.3 Å². The van der Waals surface area contributed by atoms with Crippen molar-refractivity contribution >= 4 is 40.5 Å². The molecule has 3 aromatic rings. The Morgan fingerprint density at radius 2 is 1.84 bits per heavy atom. The van der Waals surface area contributed by atoms with Gasteiger partial charge >= 0.3 is 11.9 Å². The molecule has 1 saturated carbocycles. The van der Waals surface area contributed by atoms with Crippen LogP contribution >= 0.6 is 11.6 Å². The van der Waals surface area contributed by atoms with Gasteiger partial charge in [0, 0.05) is 6.42 Å². The number of alkyl halides is 1. The molecule has 5 atom stereocenters. The highest BCUT2D eigenvalue weighted by molar-refractivity contribution is 6.28. The van der Waals surface area contributed by atoms with Crippen LogP contribution in [0.2, 0.25) is 5.28 Å². The smallest absolute Gasteiger partial charge is 0.350 e. The van der Waals surface area contributed by atoms with Crippen LogP contribution < -0.4 is 5.73 Å². The van der Waals surface area contributed by atoms with E-state index in [1.807, 2.05) is 0 Å². The number of carbonyl (C=O) groups excluding carboxylic acids is 2. The Hall–Kier alpha value is -3.35. The van der Waals surface area contributed by atoms with Gasteiger partial charge in [-0.3, -0.25) is 4.57 Å². The van der Waals surface area contributed by atoms with Crippen LogP contribution in [0.3, 0.4) is 0 Å². The van der Waals surface area contributed by atoms with Crippen LogP contribution in [0.25, 0.3) is 11.2 Å². The number of anilines is 1. The third kappa shape index (κ3) is 4.38. The van der Waals surface area contributed by atoms with Crippen molar-refractivity contribution in [2.75, 3.05) is 18.9 Å². The molecule has 0 amide bonds. The van der Waals surface area contributed by atoms with Gasteiger partial charge in [0.25, 0.3) is 5.60 Å². The van der Waals surface area contributed by atoms with Crippen molar-refractivity contribution in [1.82, 2.24) is 19.5 Å². The van der Waals surface area contributed by atoms with E-state index in [0.29, 0.717) is 5.56 Å². The van der Waals surface area contributed by atoms with E-state index in [1.54, 1.807) is 44.2 Å². The molecule has 0 spiro atoms. The van der Waals surface area contributed by atoms with Crippen molar-refractivity contribution in [2.45, 2.75) is 50.5 Å². The molecule has 196 valence electrons. The number of fused-ring (bicyclic) bond motifs is 2. The first-order chi connectivity index (χ1) is 17.8. The van der Waals surface area contributed by atoms with E-state index in [-0.39, 0.29) is 41.9 Å². The molecule has 0 bridgehead atoms. The molecule has 2 unspecified atom stereocenters. The maximum Gasteiger partial charge on any atom is 0.350 e. The van der Waals surface area contributed by atoms with Crippen LogP contribution in [0.1, 0.15) is 25.6 Å². The van der Waals surface area contributed by atoms with E-state index in [0.717, 1.165) is 0 Å². The largest absolute Gasteiger partial charge is 0.463 e. The summed E-state index contributed by atoms with van der Waals surface area (Å²) in [7, 11) is 0. The highest BCUT2D eigenvalue weighted by Gasteiger charge is 2.70. The molecule has 2 aromatic heterocycles. The van der Waals surface area contributed by atoms with Gasteiger partial charge in [0.2, 0.25) is 5.28 Å². The van der Waals surface area contributed by atoms with Crippen LogP contribution in [0.5, 0.6) is 0 Å². The Bertz CT molecular complexity index is 1310. The molecular formula is C24H25ClFN5O6. The zero-order valence-corrected chi connectivity index (χ0v) is 20.8. The highest BCUT2D eigenvalue weighted by Crippen LogP contribution is 2.55. The third-order valence-electron chi connectivity index (χ3n) is 6.42. The maximum atomic E-state index is 15.7. The lowest BCUT2D eigenvalue weighted by molar-refractivity contribution is -0.198. The lowest BCUT2D eigenvalue weighted by atomic mass is 9.94. The fourth-order valence-electron chi connectivity index (χ4n) is 4.67. The first kappa shape index (κ1) is 25.3. The minimum Gasteiger partial charge on any atom is -0.463 e. The van der Waals surface area contributed by atoms with Gasteiger partial charge in [-0.05, 0) is 31.0 Å². The number of aromatic nitrogens is 4. The number of imidazole rings is 1. The van der Waals surface area contributed by atoms with Crippen molar-refractivity contribution < 1.29 is 32.9 Å². The summed E-state index contributed by atoms with van der Waals surface area (Å²) in [6, 6.07) is 8.84. The summed E-state index contributed by atoms with van der Waals surface area (Å²) in [5, 5.41) is -0.110. The number of halogens is 2. The van der Waals surface area contributed by atoms with Crippen LogP contribution in [-0.4, -0.2) is 68.7 Å². The standard InChI is InChI=1S/C24H25ClFN5O6/c1-3-34-21(32)24(22(33)35-4-2,10-12-8-6-5-7-9-12)37-17-13-14(26)20(36-16(13)17)31-11-28-15-18(27)29-23(25)30-19(15)31/h5-9,11,13-14,16-17,20H,3-4,10H2,1-2H3,(H2,27,29,30)/t13?,14-,16-,17?,20+/m0/s1. The molecule has 2 aliphatic rings. The Kier molecular flexibility index (Phi) is 6.73. The summed E-state index contributed by atoms with van der Waals surface area (Å²) < 4.78 is 39.6. The maximum absolute atomic E-state index is 15.7. The number of carbonyl (C=O) groups is 2. The van der Waals surface area contributed by atoms with Gasteiger partial charge in [0.05, 0.1) is 37.7 Å². The molecule has 1 saturated heterocycles. The Morgan fingerprint density at radius 3 is 2.43 bits per heavy atom. The Labute approximate surface area is 216 Å². The Balaban J connectivity index is 1.41. The Morgan fingerprint density at radius 1 is 1.16 bits per heavy atom. The fourth-order valence-corrected chi connectivity index (χ4v) is 4.84. The van der Waals surface area contributed by atoms with Gasteiger partial charge in [0.1, 0.15) is 5.52 Å². The van der Waals surface area contributed by atoms with Crippen molar-refractivity contribution in [3.05, 3.63) is 47.5 Å². The van der Waals surface area contributed by atoms with Gasteiger partial charge in [0.15, 0.2) is 23.9 Å². The van der Waals surface area contributed by atoms with Crippen molar-refractivity contribution in [2.24, 2.45) is 5.92 Å². The van der Waals surface area contributed by atoms with E-state index in [2.05, 4.69) is 15.0 Å². The average Bonchev–Trinajstić information content (AvgIpc) is 3.16. The first-order valence-electron chi connectivity index (χ1n) is 11.8. The second-order valence-corrected chi connectivity index (χ2v) is 9.07. The predicted octanol–water partition coefficient (Wildman–Crippen LogP) is 2.42. The molecule has 1 aromatic carbocycles. The molecule has 37 heavy (non-hydrogen) atoms. The molecule has 13 heteroatoms. The number of ether oxygens (including phenoxy) is 4. The number of esters is 2. The predicted molar refractivity (Wildman–Crippen MR) is 128 cm³/mol. The number of benzene rings is 1. The SMILES string of the molecule is CCOC(=O)C(Cc1ccccc1)(OC1C2[C@@H]1O[C@@H](n1cnc3c(N)nc(Cl)nc31)[C@H]2F)C(=O)OCC. The van der Waals surface area contributed by atoms with Crippen molar-refractivity contribution in [3.63, 3.8) is 0 Å². The van der Waals surface area contributed by atoms with Gasteiger partial charge in [-0.2, -0.15) is 9.97 Å². The lowest BCUT2D eigenvalue weighted by Crippen LogP contribution is -2.54. The van der Waals surface area contributed by atoms with Crippen LogP contribution in [-0.2, 0) is 35.0 Å². The van der Waals surface area contributed by atoms with E-state index in [4.69, 9.17) is 36.3 Å². The summed E-state index contributed by atoms with van der Waals surface area (Å²) in [4.78, 5) is 38.5. The second-order valence-electron chi connectivity index (χ2n) is 8.73. The fraction of sp³-hybridized carbons (Fsp3) is 0.458. The summed E-state index contributed by atoms with van der Waals surface area (Å²) in [5.41, 5.74) is 4.85. The van der Waals surface area contributed by atoms with Crippen LogP contribution in [0.15, 0.2) is 36.7 Å². The summed E-state index contributed by atoms with van der Waals surface area (Å²) in [5.74, 6) is -2.51. The van der Waals surface area contributed by atoms with Crippen LogP contribution in [0.4, 0.5) is 10.2 Å².